The molecule has 10 aromatic rings. The third-order valence-corrected chi connectivity index (χ3v) is 10.9. The third kappa shape index (κ3) is 5.57. The highest BCUT2D eigenvalue weighted by Crippen LogP contribution is 2.46. The van der Waals surface area contributed by atoms with Crippen LogP contribution in [-0.2, 0) is 0 Å². The fourth-order valence-electron chi connectivity index (χ4n) is 8.35. The Hall–Kier alpha value is -7.02. The predicted octanol–water partition coefficient (Wildman–Crippen LogP) is 15.1. The molecule has 0 nitrogen and oxygen atoms in total. The number of benzene rings is 10. The molecule has 0 fully saturated rings. The lowest BCUT2D eigenvalue weighted by molar-refractivity contribution is 1.56. The Labute approximate surface area is 316 Å². The summed E-state index contributed by atoms with van der Waals surface area (Å²) < 4.78 is 0. The van der Waals surface area contributed by atoms with Crippen LogP contribution in [0.3, 0.4) is 0 Å². The second kappa shape index (κ2) is 13.5. The minimum Gasteiger partial charge on any atom is -0.0622 e. The SMILES string of the molecule is c1ccc(-c2ccc(-c3ccc(-c4c5ccccc5c(-c5ccccc5)c5ccccc45)cc3-c3cccc(-c4cccc5ccccc45)c3)cc2)cc1. The Morgan fingerprint density at radius 2 is 0.611 bits per heavy atom. The summed E-state index contributed by atoms with van der Waals surface area (Å²) in [5, 5.41) is 7.55. The Balaban J connectivity index is 1.21. The first-order valence-electron chi connectivity index (χ1n) is 18.7. The van der Waals surface area contributed by atoms with Crippen molar-refractivity contribution in [1.29, 1.82) is 0 Å². The van der Waals surface area contributed by atoms with E-state index in [1.165, 1.54) is 99.1 Å². The summed E-state index contributed by atoms with van der Waals surface area (Å²) in [4.78, 5) is 0. The van der Waals surface area contributed by atoms with Crippen LogP contribution in [0.4, 0.5) is 0 Å². The smallest absolute Gasteiger partial charge is 0.00261 e. The first kappa shape index (κ1) is 31.7. The van der Waals surface area contributed by atoms with Crippen molar-refractivity contribution >= 4 is 32.3 Å². The van der Waals surface area contributed by atoms with E-state index in [2.05, 4.69) is 218 Å². The maximum absolute atomic E-state index is 2.43. The number of rotatable bonds is 6. The van der Waals surface area contributed by atoms with Gasteiger partial charge in [-0.3, -0.25) is 0 Å². The first-order chi connectivity index (χ1) is 26.8. The van der Waals surface area contributed by atoms with Gasteiger partial charge in [0, 0.05) is 0 Å². The van der Waals surface area contributed by atoms with Crippen LogP contribution in [0.2, 0.25) is 0 Å². The molecule has 0 unspecified atom stereocenters. The molecule has 0 aromatic heterocycles. The fourth-order valence-corrected chi connectivity index (χ4v) is 8.35. The molecule has 0 N–H and O–H groups in total. The van der Waals surface area contributed by atoms with Gasteiger partial charge >= 0.3 is 0 Å². The second-order valence-electron chi connectivity index (χ2n) is 14.0. The topological polar surface area (TPSA) is 0 Å². The summed E-state index contributed by atoms with van der Waals surface area (Å²) in [6, 6.07) is 79.8. The largest absolute Gasteiger partial charge is 0.0622 e. The normalized spacial score (nSPS) is 11.3. The van der Waals surface area contributed by atoms with Gasteiger partial charge in [-0.25, -0.2) is 0 Å². The van der Waals surface area contributed by atoms with E-state index >= 15 is 0 Å². The van der Waals surface area contributed by atoms with Crippen molar-refractivity contribution in [3.05, 3.63) is 218 Å². The maximum atomic E-state index is 2.43. The molecule has 0 radical (unpaired) electrons. The van der Waals surface area contributed by atoms with E-state index < -0.39 is 0 Å². The zero-order valence-corrected chi connectivity index (χ0v) is 29.8. The molecule has 10 aromatic carbocycles. The molecule has 0 aliphatic carbocycles. The van der Waals surface area contributed by atoms with Gasteiger partial charge in [0.15, 0.2) is 0 Å². The summed E-state index contributed by atoms with van der Waals surface area (Å²) in [6.45, 7) is 0. The molecule has 0 heterocycles. The van der Waals surface area contributed by atoms with Crippen LogP contribution in [0, 0.1) is 0 Å². The predicted molar refractivity (Wildman–Crippen MR) is 232 cm³/mol. The van der Waals surface area contributed by atoms with Crippen LogP contribution in [0.5, 0.6) is 0 Å². The van der Waals surface area contributed by atoms with Gasteiger partial charge in [-0.1, -0.05) is 206 Å². The van der Waals surface area contributed by atoms with Crippen molar-refractivity contribution in [2.45, 2.75) is 0 Å². The van der Waals surface area contributed by atoms with E-state index in [1.807, 2.05) is 0 Å². The van der Waals surface area contributed by atoms with Gasteiger partial charge in [-0.2, -0.15) is 0 Å². The number of hydrogen-bond acceptors (Lipinski definition) is 0. The molecule has 0 spiro atoms. The van der Waals surface area contributed by atoms with Gasteiger partial charge in [0.2, 0.25) is 0 Å². The van der Waals surface area contributed by atoms with Crippen LogP contribution in [0.1, 0.15) is 0 Å². The van der Waals surface area contributed by atoms with Crippen molar-refractivity contribution in [2.24, 2.45) is 0 Å². The molecule has 54 heavy (non-hydrogen) atoms. The molecule has 0 atom stereocenters. The van der Waals surface area contributed by atoms with Gasteiger partial charge < -0.3 is 0 Å². The molecular formula is C54H36. The monoisotopic (exact) mass is 684 g/mol. The average Bonchev–Trinajstić information content (AvgIpc) is 3.26. The van der Waals surface area contributed by atoms with Crippen LogP contribution in [-0.4, -0.2) is 0 Å². The molecule has 252 valence electrons. The van der Waals surface area contributed by atoms with E-state index in [1.54, 1.807) is 0 Å². The van der Waals surface area contributed by atoms with Crippen molar-refractivity contribution < 1.29 is 0 Å². The minimum absolute atomic E-state index is 1.19. The zero-order valence-electron chi connectivity index (χ0n) is 29.8. The van der Waals surface area contributed by atoms with Crippen LogP contribution >= 0.6 is 0 Å². The quantitative estimate of drug-likeness (QED) is 0.153. The Morgan fingerprint density at radius 3 is 1.26 bits per heavy atom. The average molecular weight is 685 g/mol. The molecule has 0 heteroatoms. The molecule has 0 aliphatic heterocycles. The highest BCUT2D eigenvalue weighted by molar-refractivity contribution is 6.21. The van der Waals surface area contributed by atoms with Gasteiger partial charge in [0.1, 0.15) is 0 Å². The summed E-state index contributed by atoms with van der Waals surface area (Å²) in [6.07, 6.45) is 0. The van der Waals surface area contributed by atoms with Gasteiger partial charge in [0.05, 0.1) is 0 Å². The Kier molecular flexibility index (Phi) is 7.93. The summed E-state index contributed by atoms with van der Waals surface area (Å²) in [7, 11) is 0. The third-order valence-electron chi connectivity index (χ3n) is 10.9. The maximum Gasteiger partial charge on any atom is -0.00261 e. The van der Waals surface area contributed by atoms with Gasteiger partial charge in [-0.05, 0) is 111 Å². The lowest BCUT2D eigenvalue weighted by Crippen LogP contribution is -1.93. The van der Waals surface area contributed by atoms with Crippen molar-refractivity contribution in [2.75, 3.05) is 0 Å². The summed E-state index contributed by atoms with van der Waals surface area (Å²) in [5.41, 5.74) is 14.7. The molecule has 10 rings (SSSR count). The van der Waals surface area contributed by atoms with E-state index in [0.29, 0.717) is 0 Å². The first-order valence-corrected chi connectivity index (χ1v) is 18.7. The summed E-state index contributed by atoms with van der Waals surface area (Å²) in [5.74, 6) is 0. The molecule has 0 amide bonds. The minimum atomic E-state index is 1.19. The number of fused-ring (bicyclic) bond motifs is 3. The van der Waals surface area contributed by atoms with Gasteiger partial charge in [-0.15, -0.1) is 0 Å². The Bertz CT molecular complexity index is 2890. The van der Waals surface area contributed by atoms with E-state index in [0.717, 1.165) is 0 Å². The molecule has 0 aliphatic rings. The van der Waals surface area contributed by atoms with Crippen LogP contribution in [0.15, 0.2) is 218 Å². The highest BCUT2D eigenvalue weighted by atomic mass is 14.2. The fraction of sp³-hybridized carbons (Fsp3) is 0. The molecular weight excluding hydrogens is 649 g/mol. The lowest BCUT2D eigenvalue weighted by Gasteiger charge is -2.19. The van der Waals surface area contributed by atoms with Crippen molar-refractivity contribution in [3.8, 4) is 66.8 Å². The number of hydrogen-bond donors (Lipinski definition) is 0. The van der Waals surface area contributed by atoms with Crippen molar-refractivity contribution in [3.63, 3.8) is 0 Å². The van der Waals surface area contributed by atoms with E-state index in [4.69, 9.17) is 0 Å². The molecule has 0 saturated heterocycles. The Morgan fingerprint density at radius 1 is 0.185 bits per heavy atom. The summed E-state index contributed by atoms with van der Waals surface area (Å²) >= 11 is 0. The van der Waals surface area contributed by atoms with Gasteiger partial charge in [0.25, 0.3) is 0 Å². The van der Waals surface area contributed by atoms with Crippen LogP contribution < -0.4 is 0 Å². The lowest BCUT2D eigenvalue weighted by atomic mass is 9.84. The zero-order chi connectivity index (χ0) is 35.8. The van der Waals surface area contributed by atoms with E-state index in [-0.39, 0.29) is 0 Å². The second-order valence-corrected chi connectivity index (χ2v) is 14.0. The molecule has 0 bridgehead atoms. The van der Waals surface area contributed by atoms with Crippen LogP contribution in [0.25, 0.3) is 99.1 Å². The molecule has 0 saturated carbocycles. The van der Waals surface area contributed by atoms with E-state index in [9.17, 15) is 0 Å². The standard InChI is InChI=1S/C54H36/c1-3-15-37(16-4-1)38-29-31-40(32-30-38)47-34-33-44(36-52(47)43-22-13-21-42(35-43)46-28-14-20-39-17-7-8-23-45(39)46)54-50-26-11-9-24-48(50)53(41-18-5-2-6-19-41)49-25-10-12-27-51(49)54/h1-36H. The highest BCUT2D eigenvalue weighted by Gasteiger charge is 2.19. The van der Waals surface area contributed by atoms with Crippen molar-refractivity contribution in [1.82, 2.24) is 0 Å².